The molecule has 0 amide bonds. The Hall–Kier alpha value is -1.15. The standard InChI is InChI=1S/C16H26N2O4S/c1-5-22-14-7-6-8-16(10-14)23(19,20)18(3)11-13-9-15(21-4)12-17(13)2/h6-8,10,13,15H,5,9,11-12H2,1-4H3/t13-,15-/m0/s1. The predicted octanol–water partition coefficient (Wildman–Crippen LogP) is 1.42. The molecular formula is C16H26N2O4S. The Bertz CT molecular complexity index is 620. The van der Waals surface area contributed by atoms with E-state index in [1.807, 2.05) is 14.0 Å². The van der Waals surface area contributed by atoms with Crippen LogP contribution in [0.1, 0.15) is 13.3 Å². The Morgan fingerprint density at radius 1 is 1.39 bits per heavy atom. The van der Waals surface area contributed by atoms with Crippen LogP contribution in [0.2, 0.25) is 0 Å². The van der Waals surface area contributed by atoms with Crippen molar-refractivity contribution in [3.63, 3.8) is 0 Å². The van der Waals surface area contributed by atoms with Gasteiger partial charge in [-0.1, -0.05) is 6.07 Å². The van der Waals surface area contributed by atoms with Crippen molar-refractivity contribution in [1.82, 2.24) is 9.21 Å². The van der Waals surface area contributed by atoms with E-state index in [0.29, 0.717) is 18.9 Å². The first-order chi connectivity index (χ1) is 10.9. The van der Waals surface area contributed by atoms with Crippen LogP contribution in [0.15, 0.2) is 29.2 Å². The van der Waals surface area contributed by atoms with Gasteiger partial charge in [0.05, 0.1) is 17.6 Å². The molecule has 2 rings (SSSR count). The van der Waals surface area contributed by atoms with Crippen molar-refractivity contribution in [3.05, 3.63) is 24.3 Å². The van der Waals surface area contributed by atoms with Crippen LogP contribution in [0.25, 0.3) is 0 Å². The number of ether oxygens (including phenoxy) is 2. The van der Waals surface area contributed by atoms with Crippen molar-refractivity contribution >= 4 is 10.0 Å². The van der Waals surface area contributed by atoms with Crippen molar-refractivity contribution in [2.24, 2.45) is 0 Å². The van der Waals surface area contributed by atoms with E-state index < -0.39 is 10.0 Å². The first-order valence-electron chi connectivity index (χ1n) is 7.80. The summed E-state index contributed by atoms with van der Waals surface area (Å²) >= 11 is 0. The van der Waals surface area contributed by atoms with Crippen LogP contribution in [-0.4, -0.2) is 70.7 Å². The summed E-state index contributed by atoms with van der Waals surface area (Å²) < 4.78 is 37.7. The molecule has 0 radical (unpaired) electrons. The van der Waals surface area contributed by atoms with Gasteiger partial charge in [0.25, 0.3) is 0 Å². The SMILES string of the molecule is CCOc1cccc(S(=O)(=O)N(C)C[C@@H]2C[C@H](OC)CN2C)c1. The molecule has 2 atom stereocenters. The van der Waals surface area contributed by atoms with E-state index in [1.54, 1.807) is 38.4 Å². The molecule has 1 heterocycles. The lowest BCUT2D eigenvalue weighted by molar-refractivity contribution is 0.111. The summed E-state index contributed by atoms with van der Waals surface area (Å²) in [7, 11) is 1.79. The Kier molecular flexibility index (Phi) is 6.02. The maximum absolute atomic E-state index is 12.8. The zero-order valence-corrected chi connectivity index (χ0v) is 15.0. The Morgan fingerprint density at radius 3 is 2.74 bits per heavy atom. The van der Waals surface area contributed by atoms with Crippen LogP contribution in [0, 0.1) is 0 Å². The number of rotatable bonds is 7. The summed E-state index contributed by atoms with van der Waals surface area (Å²) in [5.74, 6) is 0.569. The molecule has 130 valence electrons. The summed E-state index contributed by atoms with van der Waals surface area (Å²) in [6.07, 6.45) is 1.01. The molecule has 1 saturated heterocycles. The molecule has 0 aliphatic carbocycles. The summed E-state index contributed by atoms with van der Waals surface area (Å²) in [5, 5.41) is 0. The normalized spacial score (nSPS) is 22.7. The van der Waals surface area contributed by atoms with Gasteiger partial charge in [0.1, 0.15) is 5.75 Å². The molecule has 0 saturated carbocycles. The summed E-state index contributed by atoms with van der Waals surface area (Å²) in [6, 6.07) is 6.80. The molecule has 1 aromatic rings. The average molecular weight is 342 g/mol. The van der Waals surface area contributed by atoms with Crippen LogP contribution in [0.5, 0.6) is 5.75 Å². The van der Waals surface area contributed by atoms with Crippen LogP contribution >= 0.6 is 0 Å². The largest absolute Gasteiger partial charge is 0.494 e. The first kappa shape index (κ1) is 18.2. The van der Waals surface area contributed by atoms with E-state index in [4.69, 9.17) is 9.47 Å². The number of hydrogen-bond acceptors (Lipinski definition) is 5. The van der Waals surface area contributed by atoms with Gasteiger partial charge in [-0.2, -0.15) is 4.31 Å². The van der Waals surface area contributed by atoms with Gasteiger partial charge in [-0.3, -0.25) is 4.90 Å². The lowest BCUT2D eigenvalue weighted by atomic mass is 10.2. The van der Waals surface area contributed by atoms with Crippen molar-refractivity contribution in [3.8, 4) is 5.75 Å². The molecule has 0 N–H and O–H groups in total. The van der Waals surface area contributed by atoms with Gasteiger partial charge in [-0.15, -0.1) is 0 Å². The van der Waals surface area contributed by atoms with E-state index in [0.717, 1.165) is 13.0 Å². The third-order valence-corrected chi connectivity index (χ3v) is 6.10. The van der Waals surface area contributed by atoms with Gasteiger partial charge in [0, 0.05) is 39.4 Å². The maximum Gasteiger partial charge on any atom is 0.243 e. The van der Waals surface area contributed by atoms with E-state index in [-0.39, 0.29) is 17.0 Å². The van der Waals surface area contributed by atoms with E-state index >= 15 is 0 Å². The fourth-order valence-corrected chi connectivity index (χ4v) is 4.12. The Labute approximate surface area is 139 Å². The molecule has 0 unspecified atom stereocenters. The lowest BCUT2D eigenvalue weighted by Crippen LogP contribution is -2.39. The maximum atomic E-state index is 12.8. The fourth-order valence-electron chi connectivity index (χ4n) is 2.88. The van der Waals surface area contributed by atoms with Crippen molar-refractivity contribution in [2.45, 2.75) is 30.4 Å². The topological polar surface area (TPSA) is 59.1 Å². The van der Waals surface area contributed by atoms with Crippen LogP contribution in [0.3, 0.4) is 0 Å². The minimum atomic E-state index is -3.53. The van der Waals surface area contributed by atoms with E-state index in [9.17, 15) is 8.42 Å². The molecule has 6 nitrogen and oxygen atoms in total. The molecule has 23 heavy (non-hydrogen) atoms. The minimum absolute atomic E-state index is 0.162. The second-order valence-corrected chi connectivity index (χ2v) is 7.93. The predicted molar refractivity (Wildman–Crippen MR) is 89.3 cm³/mol. The number of sulfonamides is 1. The second-order valence-electron chi connectivity index (χ2n) is 5.88. The third kappa shape index (κ3) is 4.23. The molecule has 1 aromatic carbocycles. The smallest absolute Gasteiger partial charge is 0.243 e. The number of methoxy groups -OCH3 is 1. The van der Waals surface area contributed by atoms with E-state index in [1.165, 1.54) is 4.31 Å². The number of nitrogens with zero attached hydrogens (tertiary/aromatic N) is 2. The molecule has 0 bridgehead atoms. The van der Waals surface area contributed by atoms with E-state index in [2.05, 4.69) is 4.90 Å². The number of likely N-dealkylation sites (N-methyl/N-ethyl adjacent to an activating group) is 2. The molecule has 0 spiro atoms. The number of hydrogen-bond donors (Lipinski definition) is 0. The number of benzene rings is 1. The van der Waals surface area contributed by atoms with Gasteiger partial charge in [-0.05, 0) is 32.5 Å². The third-order valence-electron chi connectivity index (χ3n) is 4.28. The van der Waals surface area contributed by atoms with Crippen molar-refractivity contribution < 1.29 is 17.9 Å². The van der Waals surface area contributed by atoms with Gasteiger partial charge < -0.3 is 9.47 Å². The minimum Gasteiger partial charge on any atom is -0.494 e. The quantitative estimate of drug-likeness (QED) is 0.750. The van der Waals surface area contributed by atoms with Gasteiger partial charge in [0.15, 0.2) is 0 Å². The first-order valence-corrected chi connectivity index (χ1v) is 9.24. The highest BCUT2D eigenvalue weighted by molar-refractivity contribution is 7.89. The summed E-state index contributed by atoms with van der Waals surface area (Å²) in [5.41, 5.74) is 0. The Morgan fingerprint density at radius 2 is 2.13 bits per heavy atom. The van der Waals surface area contributed by atoms with Gasteiger partial charge in [-0.25, -0.2) is 8.42 Å². The molecule has 7 heteroatoms. The molecule has 1 aliphatic rings. The highest BCUT2D eigenvalue weighted by Gasteiger charge is 2.33. The van der Waals surface area contributed by atoms with Gasteiger partial charge in [0.2, 0.25) is 10.0 Å². The highest BCUT2D eigenvalue weighted by atomic mass is 32.2. The van der Waals surface area contributed by atoms with Crippen molar-refractivity contribution in [2.75, 3.05) is 40.9 Å². The summed E-state index contributed by atoms with van der Waals surface area (Å²) in [4.78, 5) is 2.41. The average Bonchev–Trinajstić information content (AvgIpc) is 2.88. The Balaban J connectivity index is 2.11. The highest BCUT2D eigenvalue weighted by Crippen LogP contribution is 2.23. The molecule has 0 aromatic heterocycles. The van der Waals surface area contributed by atoms with Crippen LogP contribution in [-0.2, 0) is 14.8 Å². The molecule has 1 fully saturated rings. The molecular weight excluding hydrogens is 316 g/mol. The number of likely N-dealkylation sites (tertiary alicyclic amines) is 1. The molecule has 1 aliphatic heterocycles. The van der Waals surface area contributed by atoms with Crippen LogP contribution in [0.4, 0.5) is 0 Å². The lowest BCUT2D eigenvalue weighted by Gasteiger charge is -2.25. The van der Waals surface area contributed by atoms with Crippen molar-refractivity contribution in [1.29, 1.82) is 0 Å². The van der Waals surface area contributed by atoms with Gasteiger partial charge >= 0.3 is 0 Å². The second kappa shape index (κ2) is 7.61. The summed E-state index contributed by atoms with van der Waals surface area (Å²) in [6.45, 7) is 3.65. The monoisotopic (exact) mass is 342 g/mol. The van der Waals surface area contributed by atoms with Crippen LogP contribution < -0.4 is 4.74 Å². The zero-order chi connectivity index (χ0) is 17.0. The fraction of sp³-hybridized carbons (Fsp3) is 0.625. The zero-order valence-electron chi connectivity index (χ0n) is 14.2.